The van der Waals surface area contributed by atoms with Crippen molar-refractivity contribution < 1.29 is 4.68 Å². The Morgan fingerprint density at radius 1 is 0.842 bits per heavy atom. The van der Waals surface area contributed by atoms with Gasteiger partial charge in [0.1, 0.15) is 0 Å². The first-order chi connectivity index (χ1) is 9.42. The second kappa shape index (κ2) is 5.27. The molecule has 19 heavy (non-hydrogen) atoms. The summed E-state index contributed by atoms with van der Waals surface area (Å²) in [6.07, 6.45) is 9.12. The van der Waals surface area contributed by atoms with E-state index < -0.39 is 0 Å². The van der Waals surface area contributed by atoms with E-state index in [-0.39, 0.29) is 0 Å². The molecule has 0 fully saturated rings. The predicted octanol–water partition coefficient (Wildman–Crippen LogP) is 2.90. The third-order valence-electron chi connectivity index (χ3n) is 2.66. The minimum absolute atomic E-state index is 0.670. The molecule has 0 bridgehead atoms. The van der Waals surface area contributed by atoms with E-state index in [9.17, 15) is 0 Å². The quantitative estimate of drug-likeness (QED) is 0.669. The van der Waals surface area contributed by atoms with Gasteiger partial charge in [0.05, 0.1) is 0 Å². The Labute approximate surface area is 111 Å². The van der Waals surface area contributed by atoms with Crippen LogP contribution in [-0.4, -0.2) is 9.97 Å². The normalized spacial score (nSPS) is 10.1. The molecule has 0 aliphatic carbocycles. The second-order valence-electron chi connectivity index (χ2n) is 4.00. The van der Waals surface area contributed by atoms with Crippen LogP contribution in [0.2, 0.25) is 0 Å². The average Bonchev–Trinajstić information content (AvgIpc) is 2.50. The van der Waals surface area contributed by atoms with Gasteiger partial charge >= 0.3 is 0 Å². The van der Waals surface area contributed by atoms with Gasteiger partial charge in [-0.1, -0.05) is 30.5 Å². The molecule has 0 saturated carbocycles. The van der Waals surface area contributed by atoms with Crippen LogP contribution in [-0.2, 0) is 0 Å². The summed E-state index contributed by atoms with van der Waals surface area (Å²) in [6, 6.07) is 13.6. The molecule has 0 aromatic carbocycles. The standard InChI is InChI=1S/C15H12N4/c1-2-9-19(10-3-1)18-15-7-6-14(12-17-15)13-5-4-8-16-11-13/h1-12H. The maximum Gasteiger partial charge on any atom is 0.182 e. The topological polar surface area (TPSA) is 43.8 Å². The Morgan fingerprint density at radius 2 is 1.68 bits per heavy atom. The highest BCUT2D eigenvalue weighted by molar-refractivity contribution is 5.62. The maximum atomic E-state index is 4.37. The molecule has 0 aliphatic heterocycles. The van der Waals surface area contributed by atoms with Gasteiger partial charge in [-0.05, 0) is 17.2 Å². The fourth-order valence-electron chi connectivity index (χ4n) is 1.72. The van der Waals surface area contributed by atoms with Crippen LogP contribution in [0, 0.1) is 0 Å². The zero-order chi connectivity index (χ0) is 12.9. The third kappa shape index (κ3) is 2.74. The summed E-state index contributed by atoms with van der Waals surface area (Å²) in [6.45, 7) is 0. The van der Waals surface area contributed by atoms with Crippen molar-refractivity contribution in [2.45, 2.75) is 0 Å². The number of aromatic nitrogens is 3. The van der Waals surface area contributed by atoms with Crippen LogP contribution >= 0.6 is 0 Å². The Kier molecular flexibility index (Phi) is 3.14. The molecule has 3 aromatic heterocycles. The molecule has 0 amide bonds. The number of pyridine rings is 3. The van der Waals surface area contributed by atoms with Crippen molar-refractivity contribution in [3.63, 3.8) is 0 Å². The van der Waals surface area contributed by atoms with E-state index in [0.29, 0.717) is 5.82 Å². The molecule has 0 radical (unpaired) electrons. The van der Waals surface area contributed by atoms with Crippen molar-refractivity contribution >= 4 is 5.82 Å². The smallest absolute Gasteiger partial charge is 0.182 e. The summed E-state index contributed by atoms with van der Waals surface area (Å²) in [7, 11) is 0. The van der Waals surface area contributed by atoms with E-state index in [0.717, 1.165) is 11.1 Å². The van der Waals surface area contributed by atoms with Crippen LogP contribution in [0.5, 0.6) is 0 Å². The first-order valence-electron chi connectivity index (χ1n) is 5.96. The van der Waals surface area contributed by atoms with Gasteiger partial charge in [0.2, 0.25) is 0 Å². The molecule has 0 spiro atoms. The number of hydrogen-bond acceptors (Lipinski definition) is 2. The van der Waals surface area contributed by atoms with Crippen molar-refractivity contribution in [1.82, 2.24) is 9.97 Å². The van der Waals surface area contributed by atoms with Crippen LogP contribution in [0.4, 0.5) is 5.82 Å². The highest BCUT2D eigenvalue weighted by Gasteiger charge is 1.96. The minimum Gasteiger partial charge on any atom is -0.438 e. The Morgan fingerprint density at radius 3 is 2.37 bits per heavy atom. The molecule has 0 aliphatic rings. The highest BCUT2D eigenvalue weighted by atomic mass is 15.4. The van der Waals surface area contributed by atoms with Gasteiger partial charge in [-0.15, -0.1) is 0 Å². The van der Waals surface area contributed by atoms with Gasteiger partial charge in [-0.3, -0.25) is 4.98 Å². The maximum absolute atomic E-state index is 4.37. The molecule has 3 rings (SSSR count). The summed E-state index contributed by atoms with van der Waals surface area (Å²) in [5.41, 5.74) is 6.45. The summed E-state index contributed by atoms with van der Waals surface area (Å²) in [5.74, 6) is 0.670. The number of nitrogens with zero attached hydrogens (tertiary/aromatic N) is 4. The Bertz CT molecular complexity index is 636. The molecular formula is C15H12N4. The fourth-order valence-corrected chi connectivity index (χ4v) is 1.72. The van der Waals surface area contributed by atoms with Crippen LogP contribution in [0.25, 0.3) is 16.6 Å². The lowest BCUT2D eigenvalue weighted by Crippen LogP contribution is -2.26. The largest absolute Gasteiger partial charge is 0.438 e. The lowest BCUT2D eigenvalue weighted by atomic mass is 10.1. The van der Waals surface area contributed by atoms with E-state index in [1.807, 2.05) is 61.1 Å². The van der Waals surface area contributed by atoms with Crippen LogP contribution < -0.4 is 4.68 Å². The molecule has 0 N–H and O–H groups in total. The van der Waals surface area contributed by atoms with Crippen molar-refractivity contribution in [3.8, 4) is 11.1 Å². The first kappa shape index (κ1) is 11.3. The summed E-state index contributed by atoms with van der Waals surface area (Å²) in [4.78, 5) is 8.43. The zero-order valence-corrected chi connectivity index (χ0v) is 10.2. The average molecular weight is 248 g/mol. The molecule has 0 atom stereocenters. The highest BCUT2D eigenvalue weighted by Crippen LogP contribution is 2.20. The molecule has 0 saturated heterocycles. The molecule has 4 nitrogen and oxygen atoms in total. The van der Waals surface area contributed by atoms with Crippen molar-refractivity contribution in [1.29, 1.82) is 0 Å². The van der Waals surface area contributed by atoms with Gasteiger partial charge in [0.25, 0.3) is 0 Å². The van der Waals surface area contributed by atoms with E-state index in [2.05, 4.69) is 15.4 Å². The van der Waals surface area contributed by atoms with Crippen molar-refractivity contribution in [3.05, 3.63) is 78.9 Å². The van der Waals surface area contributed by atoms with Gasteiger partial charge < -0.3 is 4.98 Å². The molecule has 92 valence electrons. The van der Waals surface area contributed by atoms with Crippen molar-refractivity contribution in [2.75, 3.05) is 0 Å². The Balaban J connectivity index is 1.80. The van der Waals surface area contributed by atoms with Crippen molar-refractivity contribution in [2.24, 2.45) is 0 Å². The van der Waals surface area contributed by atoms with Crippen LogP contribution in [0.1, 0.15) is 0 Å². The van der Waals surface area contributed by atoms with Gasteiger partial charge in [0.15, 0.2) is 12.4 Å². The van der Waals surface area contributed by atoms with Gasteiger partial charge in [-0.25, -0.2) is 0 Å². The third-order valence-corrected chi connectivity index (χ3v) is 2.66. The van der Waals surface area contributed by atoms with Gasteiger partial charge in [-0.2, -0.15) is 10.1 Å². The molecule has 3 aromatic rings. The molecule has 4 heteroatoms. The molecular weight excluding hydrogens is 236 g/mol. The van der Waals surface area contributed by atoms with Gasteiger partial charge in [0, 0.05) is 30.3 Å². The van der Waals surface area contributed by atoms with E-state index in [4.69, 9.17) is 0 Å². The first-order valence-corrected chi connectivity index (χ1v) is 5.96. The summed E-state index contributed by atoms with van der Waals surface area (Å²) < 4.78 is 1.73. The molecule has 3 heterocycles. The summed E-state index contributed by atoms with van der Waals surface area (Å²) in [5, 5.41) is 0. The van der Waals surface area contributed by atoms with Crippen LogP contribution in [0.3, 0.4) is 0 Å². The number of rotatable bonds is 3. The zero-order valence-electron chi connectivity index (χ0n) is 10.2. The predicted molar refractivity (Wildman–Crippen MR) is 72.5 cm³/mol. The SMILES string of the molecule is c1cc[n+]([N-]c2ccc(-c3cccnc3)cn2)cc1. The van der Waals surface area contributed by atoms with E-state index >= 15 is 0 Å². The molecule has 0 unspecified atom stereocenters. The minimum atomic E-state index is 0.670. The lowest BCUT2D eigenvalue weighted by Gasteiger charge is -2.09. The van der Waals surface area contributed by atoms with Crippen LogP contribution in [0.15, 0.2) is 73.4 Å². The summed E-state index contributed by atoms with van der Waals surface area (Å²) >= 11 is 0. The lowest BCUT2D eigenvalue weighted by molar-refractivity contribution is -0.619. The fraction of sp³-hybridized carbons (Fsp3) is 0. The second-order valence-corrected chi connectivity index (χ2v) is 4.00. The Hall–Kier alpha value is -2.75. The van der Waals surface area contributed by atoms with E-state index in [1.165, 1.54) is 0 Å². The number of hydrogen-bond donors (Lipinski definition) is 0. The van der Waals surface area contributed by atoms with E-state index in [1.54, 1.807) is 17.1 Å². The monoisotopic (exact) mass is 248 g/mol.